The number of carboxylic acid groups (broad SMARTS) is 1. The minimum absolute atomic E-state index is 0.0896. The van der Waals surface area contributed by atoms with Crippen LogP contribution in [0.2, 0.25) is 5.02 Å². The fraction of sp³-hybridized carbons (Fsp3) is 0.111. The molecule has 0 bridgehead atoms. The molecule has 0 unspecified atom stereocenters. The molecule has 0 amide bonds. The number of hydrogen-bond donors (Lipinski definition) is 2. The Hall–Kier alpha value is -3.05. The molecule has 30 heavy (non-hydrogen) atoms. The van der Waals surface area contributed by atoms with Gasteiger partial charge in [0.1, 0.15) is 5.69 Å². The van der Waals surface area contributed by atoms with E-state index in [-0.39, 0.29) is 33.4 Å². The minimum Gasteiger partial charge on any atom is -0.477 e. The lowest BCUT2D eigenvalue weighted by Crippen LogP contribution is -2.17. The number of rotatable bonds is 6. The quantitative estimate of drug-likeness (QED) is 0.578. The molecule has 2 aromatic carbocycles. The van der Waals surface area contributed by atoms with E-state index in [4.69, 9.17) is 11.6 Å². The number of aromatic nitrogens is 2. The Labute approximate surface area is 173 Å². The van der Waals surface area contributed by atoms with Gasteiger partial charge in [0.05, 0.1) is 22.7 Å². The molecule has 0 aliphatic heterocycles. The third-order valence-electron chi connectivity index (χ3n) is 4.06. The highest BCUT2D eigenvalue weighted by Crippen LogP contribution is 2.33. The molecule has 2 N–H and O–H groups in total. The van der Waals surface area contributed by atoms with E-state index in [0.29, 0.717) is 6.07 Å². The number of alkyl halides is 3. The average molecular weight is 460 g/mol. The van der Waals surface area contributed by atoms with Gasteiger partial charge in [-0.05, 0) is 48.0 Å². The summed E-state index contributed by atoms with van der Waals surface area (Å²) in [5, 5.41) is 13.3. The standard InChI is InChI=1S/C18H13ClF3N3O4S/c19-13-3-5-14(6-4-13)30(28,29)24-15-9-12(18(20,21)22)2-1-11(15)10-25-16(17(26)27)7-8-23-25/h1-9,24H,10H2,(H,26,27). The molecule has 0 saturated carbocycles. The molecule has 12 heteroatoms. The molecule has 0 radical (unpaired) electrons. The molecule has 158 valence electrons. The Kier molecular flexibility index (Phi) is 5.77. The lowest BCUT2D eigenvalue weighted by atomic mass is 10.1. The number of carboxylic acids is 1. The van der Waals surface area contributed by atoms with Gasteiger partial charge in [0.2, 0.25) is 0 Å². The van der Waals surface area contributed by atoms with Crippen molar-refractivity contribution in [1.29, 1.82) is 0 Å². The molecule has 1 aromatic heterocycles. The van der Waals surface area contributed by atoms with Crippen LogP contribution in [0.15, 0.2) is 59.6 Å². The monoisotopic (exact) mass is 459 g/mol. The molecule has 3 rings (SSSR count). The second kappa shape index (κ2) is 8.00. The lowest BCUT2D eigenvalue weighted by molar-refractivity contribution is -0.137. The van der Waals surface area contributed by atoms with Crippen molar-refractivity contribution >= 4 is 33.3 Å². The average Bonchev–Trinajstić information content (AvgIpc) is 3.11. The third-order valence-corrected chi connectivity index (χ3v) is 5.69. The van der Waals surface area contributed by atoms with Crippen molar-refractivity contribution in [3.63, 3.8) is 0 Å². The fourth-order valence-corrected chi connectivity index (χ4v) is 3.82. The highest BCUT2D eigenvalue weighted by atomic mass is 35.5. The van der Waals surface area contributed by atoms with Crippen molar-refractivity contribution in [2.45, 2.75) is 17.6 Å². The van der Waals surface area contributed by atoms with Gasteiger partial charge in [-0.25, -0.2) is 13.2 Å². The summed E-state index contributed by atoms with van der Waals surface area (Å²) in [5.41, 5.74) is -1.54. The molecule has 0 aliphatic carbocycles. The number of benzene rings is 2. The maximum absolute atomic E-state index is 13.2. The number of aromatic carboxylic acids is 1. The van der Waals surface area contributed by atoms with Gasteiger partial charge in [-0.3, -0.25) is 9.40 Å². The SMILES string of the molecule is O=C(O)c1ccnn1Cc1ccc(C(F)(F)F)cc1NS(=O)(=O)c1ccc(Cl)cc1. The highest BCUT2D eigenvalue weighted by molar-refractivity contribution is 7.92. The van der Waals surface area contributed by atoms with Gasteiger partial charge >= 0.3 is 12.1 Å². The van der Waals surface area contributed by atoms with Crippen LogP contribution in [-0.4, -0.2) is 29.3 Å². The molecule has 0 atom stereocenters. The van der Waals surface area contributed by atoms with Gasteiger partial charge in [0.15, 0.2) is 0 Å². The van der Waals surface area contributed by atoms with E-state index < -0.39 is 27.7 Å². The second-order valence-electron chi connectivity index (χ2n) is 6.11. The van der Waals surface area contributed by atoms with Crippen molar-refractivity contribution in [3.05, 3.63) is 76.6 Å². The van der Waals surface area contributed by atoms with Crippen LogP contribution < -0.4 is 4.72 Å². The predicted molar refractivity (Wildman–Crippen MR) is 102 cm³/mol. The normalized spacial score (nSPS) is 12.0. The summed E-state index contributed by atoms with van der Waals surface area (Å²) in [7, 11) is -4.24. The van der Waals surface area contributed by atoms with Crippen LogP contribution in [0.4, 0.5) is 18.9 Å². The summed E-state index contributed by atoms with van der Waals surface area (Å²) in [6, 6.07) is 8.76. The zero-order valence-electron chi connectivity index (χ0n) is 14.9. The largest absolute Gasteiger partial charge is 0.477 e. The van der Waals surface area contributed by atoms with Gasteiger partial charge in [-0.15, -0.1) is 0 Å². The Morgan fingerprint density at radius 2 is 1.80 bits per heavy atom. The number of sulfonamides is 1. The van der Waals surface area contributed by atoms with Gasteiger partial charge in [0.25, 0.3) is 10.0 Å². The Bertz CT molecular complexity index is 1190. The Balaban J connectivity index is 2.04. The van der Waals surface area contributed by atoms with Crippen molar-refractivity contribution in [3.8, 4) is 0 Å². The molecule has 1 heterocycles. The number of carbonyl (C=O) groups is 1. The van der Waals surface area contributed by atoms with E-state index in [2.05, 4.69) is 9.82 Å². The lowest BCUT2D eigenvalue weighted by Gasteiger charge is -2.16. The number of hydrogen-bond acceptors (Lipinski definition) is 4. The summed E-state index contributed by atoms with van der Waals surface area (Å²) >= 11 is 5.74. The number of nitrogens with one attached hydrogen (secondary N) is 1. The molecular weight excluding hydrogens is 447 g/mol. The van der Waals surface area contributed by atoms with Crippen LogP contribution in [0.25, 0.3) is 0 Å². The van der Waals surface area contributed by atoms with E-state index in [1.807, 2.05) is 0 Å². The molecule has 7 nitrogen and oxygen atoms in total. The van der Waals surface area contributed by atoms with E-state index in [1.54, 1.807) is 0 Å². The molecule has 0 saturated heterocycles. The van der Waals surface area contributed by atoms with Crippen molar-refractivity contribution in [2.75, 3.05) is 4.72 Å². The van der Waals surface area contributed by atoms with E-state index >= 15 is 0 Å². The summed E-state index contributed by atoms with van der Waals surface area (Å²) in [4.78, 5) is 11.0. The van der Waals surface area contributed by atoms with Crippen LogP contribution >= 0.6 is 11.6 Å². The molecule has 0 aliphatic rings. The second-order valence-corrected chi connectivity index (χ2v) is 8.23. The van der Waals surface area contributed by atoms with Gasteiger partial charge in [0, 0.05) is 11.2 Å². The van der Waals surface area contributed by atoms with Crippen LogP contribution in [0.5, 0.6) is 0 Å². The zero-order valence-corrected chi connectivity index (χ0v) is 16.5. The minimum atomic E-state index is -4.71. The summed E-state index contributed by atoms with van der Waals surface area (Å²) in [6.07, 6.45) is -3.50. The van der Waals surface area contributed by atoms with Gasteiger partial charge < -0.3 is 5.11 Å². The van der Waals surface area contributed by atoms with Gasteiger partial charge in [-0.1, -0.05) is 17.7 Å². The molecule has 0 fully saturated rings. The van der Waals surface area contributed by atoms with E-state index in [0.717, 1.165) is 16.8 Å². The number of halogens is 4. The molecule has 0 spiro atoms. The van der Waals surface area contributed by atoms with E-state index in [1.165, 1.54) is 36.5 Å². The van der Waals surface area contributed by atoms with E-state index in [9.17, 15) is 31.5 Å². The first-order valence-electron chi connectivity index (χ1n) is 8.21. The predicted octanol–water partition coefficient (Wildman–Crippen LogP) is 4.10. The topological polar surface area (TPSA) is 101 Å². The first-order chi connectivity index (χ1) is 14.0. The fourth-order valence-electron chi connectivity index (χ4n) is 2.60. The number of nitrogens with zero attached hydrogens (tertiary/aromatic N) is 2. The molecular formula is C18H13ClF3N3O4S. The number of anilines is 1. The zero-order chi connectivity index (χ0) is 22.1. The molecule has 3 aromatic rings. The Morgan fingerprint density at radius 3 is 2.40 bits per heavy atom. The first kappa shape index (κ1) is 21.7. The maximum atomic E-state index is 13.2. The van der Waals surface area contributed by atoms with Crippen LogP contribution in [-0.2, 0) is 22.7 Å². The van der Waals surface area contributed by atoms with Crippen molar-refractivity contribution in [2.24, 2.45) is 0 Å². The summed E-state index contributed by atoms with van der Waals surface area (Å²) in [5.74, 6) is -1.29. The van der Waals surface area contributed by atoms with Crippen LogP contribution in [0, 0.1) is 0 Å². The van der Waals surface area contributed by atoms with Crippen LogP contribution in [0.1, 0.15) is 21.6 Å². The third kappa shape index (κ3) is 4.74. The summed E-state index contributed by atoms with van der Waals surface area (Å²) in [6.45, 7) is -0.273. The van der Waals surface area contributed by atoms with Gasteiger partial charge in [-0.2, -0.15) is 18.3 Å². The van der Waals surface area contributed by atoms with Crippen molar-refractivity contribution < 1.29 is 31.5 Å². The first-order valence-corrected chi connectivity index (χ1v) is 10.1. The Morgan fingerprint density at radius 1 is 1.13 bits per heavy atom. The smallest absolute Gasteiger partial charge is 0.416 e. The highest BCUT2D eigenvalue weighted by Gasteiger charge is 2.31. The van der Waals surface area contributed by atoms with Crippen LogP contribution in [0.3, 0.4) is 0 Å². The summed E-state index contributed by atoms with van der Waals surface area (Å²) < 4.78 is 68.0. The van der Waals surface area contributed by atoms with Crippen molar-refractivity contribution in [1.82, 2.24) is 9.78 Å². The maximum Gasteiger partial charge on any atom is 0.416 e.